The minimum Gasteiger partial charge on any atom is -0.494 e. The van der Waals surface area contributed by atoms with Crippen LogP contribution in [0.2, 0.25) is 0 Å². The van der Waals surface area contributed by atoms with Crippen LogP contribution in [0.5, 0.6) is 11.5 Å². The highest BCUT2D eigenvalue weighted by Crippen LogP contribution is 2.26. The van der Waals surface area contributed by atoms with Crippen molar-refractivity contribution in [3.8, 4) is 11.5 Å². The molecule has 0 N–H and O–H groups in total. The second kappa shape index (κ2) is 9.27. The Balaban J connectivity index is 3.05. The van der Waals surface area contributed by atoms with E-state index in [0.29, 0.717) is 24.5 Å². The number of hydrogen-bond acceptors (Lipinski definition) is 3. The van der Waals surface area contributed by atoms with Crippen LogP contribution in [-0.4, -0.2) is 37.1 Å². The topological polar surface area (TPSA) is 38.8 Å². The molecular formula is C17H27NO3. The normalized spacial score (nSPS) is 10.3. The molecule has 0 bridgehead atoms. The van der Waals surface area contributed by atoms with E-state index >= 15 is 0 Å². The molecule has 0 aromatic heterocycles. The molecule has 0 heterocycles. The fourth-order valence-electron chi connectivity index (χ4n) is 2.24. The van der Waals surface area contributed by atoms with E-state index in [9.17, 15) is 4.79 Å². The zero-order valence-corrected chi connectivity index (χ0v) is 13.6. The molecule has 0 atom stereocenters. The van der Waals surface area contributed by atoms with Gasteiger partial charge in [-0.2, -0.15) is 0 Å². The molecule has 0 radical (unpaired) electrons. The predicted molar refractivity (Wildman–Crippen MR) is 85.3 cm³/mol. The van der Waals surface area contributed by atoms with Gasteiger partial charge in [-0.05, 0) is 38.8 Å². The summed E-state index contributed by atoms with van der Waals surface area (Å²) in [5, 5.41) is 0. The van der Waals surface area contributed by atoms with Crippen molar-refractivity contribution in [2.24, 2.45) is 0 Å². The smallest absolute Gasteiger partial charge is 0.257 e. The van der Waals surface area contributed by atoms with Gasteiger partial charge in [-0.15, -0.1) is 0 Å². The summed E-state index contributed by atoms with van der Waals surface area (Å²) in [5.41, 5.74) is 0.613. The van der Waals surface area contributed by atoms with Crippen LogP contribution in [0.4, 0.5) is 0 Å². The van der Waals surface area contributed by atoms with Crippen LogP contribution >= 0.6 is 0 Å². The van der Waals surface area contributed by atoms with Crippen molar-refractivity contribution in [3.63, 3.8) is 0 Å². The average molecular weight is 293 g/mol. The maximum absolute atomic E-state index is 12.7. The summed E-state index contributed by atoms with van der Waals surface area (Å²) in [6.07, 6.45) is 1.90. The van der Waals surface area contributed by atoms with Gasteiger partial charge in [-0.25, -0.2) is 0 Å². The number of carbonyl (C=O) groups is 1. The van der Waals surface area contributed by atoms with Crippen LogP contribution in [0.25, 0.3) is 0 Å². The summed E-state index contributed by atoms with van der Waals surface area (Å²) >= 11 is 0. The van der Waals surface area contributed by atoms with Gasteiger partial charge in [0.2, 0.25) is 0 Å². The molecule has 4 heteroatoms. The van der Waals surface area contributed by atoms with E-state index in [0.717, 1.165) is 31.7 Å². The molecule has 4 nitrogen and oxygen atoms in total. The lowest BCUT2D eigenvalue weighted by molar-refractivity contribution is 0.0751. The second-order valence-corrected chi connectivity index (χ2v) is 4.82. The number of ether oxygens (including phenoxy) is 2. The van der Waals surface area contributed by atoms with E-state index in [-0.39, 0.29) is 5.91 Å². The molecule has 0 fully saturated rings. The molecule has 1 aromatic carbocycles. The van der Waals surface area contributed by atoms with Crippen LogP contribution in [0, 0.1) is 0 Å². The molecule has 118 valence electrons. The van der Waals surface area contributed by atoms with Gasteiger partial charge in [0.15, 0.2) is 0 Å². The van der Waals surface area contributed by atoms with Crippen molar-refractivity contribution < 1.29 is 14.3 Å². The van der Waals surface area contributed by atoms with Crippen molar-refractivity contribution in [2.75, 3.05) is 26.3 Å². The fraction of sp³-hybridized carbons (Fsp3) is 0.588. The number of nitrogens with zero attached hydrogens (tertiary/aromatic N) is 1. The van der Waals surface area contributed by atoms with Crippen molar-refractivity contribution in [2.45, 2.75) is 40.5 Å². The molecule has 1 aromatic rings. The van der Waals surface area contributed by atoms with Crippen LogP contribution < -0.4 is 9.47 Å². The van der Waals surface area contributed by atoms with Gasteiger partial charge < -0.3 is 14.4 Å². The fourth-order valence-corrected chi connectivity index (χ4v) is 2.24. The number of carbonyl (C=O) groups excluding carboxylic acids is 1. The zero-order chi connectivity index (χ0) is 15.7. The lowest BCUT2D eigenvalue weighted by Gasteiger charge is -2.23. The average Bonchev–Trinajstić information content (AvgIpc) is 2.47. The Morgan fingerprint density at radius 1 is 1.00 bits per heavy atom. The Morgan fingerprint density at radius 2 is 1.62 bits per heavy atom. The first kappa shape index (κ1) is 17.3. The van der Waals surface area contributed by atoms with E-state index in [1.165, 1.54) is 0 Å². The predicted octanol–water partition coefficient (Wildman–Crippen LogP) is 3.75. The number of hydrogen-bond donors (Lipinski definition) is 0. The number of rotatable bonds is 9. The summed E-state index contributed by atoms with van der Waals surface area (Å²) in [4.78, 5) is 14.6. The molecule has 21 heavy (non-hydrogen) atoms. The molecular weight excluding hydrogens is 266 g/mol. The third kappa shape index (κ3) is 4.96. The monoisotopic (exact) mass is 293 g/mol. The van der Waals surface area contributed by atoms with Gasteiger partial charge in [0.25, 0.3) is 5.91 Å². The van der Waals surface area contributed by atoms with Gasteiger partial charge in [-0.1, -0.05) is 13.8 Å². The molecule has 0 saturated carbocycles. The van der Waals surface area contributed by atoms with E-state index in [1.807, 2.05) is 24.8 Å². The molecule has 1 rings (SSSR count). The summed E-state index contributed by atoms with van der Waals surface area (Å²) in [6, 6.07) is 5.43. The van der Waals surface area contributed by atoms with Crippen LogP contribution in [0.1, 0.15) is 50.9 Å². The van der Waals surface area contributed by atoms with Gasteiger partial charge >= 0.3 is 0 Å². The minimum absolute atomic E-state index is 0.0326. The van der Waals surface area contributed by atoms with Crippen LogP contribution in [0.15, 0.2) is 18.2 Å². The maximum Gasteiger partial charge on any atom is 0.257 e. The first-order valence-electron chi connectivity index (χ1n) is 7.86. The first-order chi connectivity index (χ1) is 10.2. The van der Waals surface area contributed by atoms with Gasteiger partial charge in [0.05, 0.1) is 18.8 Å². The Labute approximate surface area is 128 Å². The molecule has 0 unspecified atom stereocenters. The first-order valence-corrected chi connectivity index (χ1v) is 7.86. The summed E-state index contributed by atoms with van der Waals surface area (Å²) in [6.45, 7) is 10.7. The summed E-state index contributed by atoms with van der Waals surface area (Å²) < 4.78 is 11.1. The lowest BCUT2D eigenvalue weighted by Crippen LogP contribution is -2.32. The zero-order valence-electron chi connectivity index (χ0n) is 13.6. The van der Waals surface area contributed by atoms with E-state index in [1.54, 1.807) is 12.1 Å². The number of benzene rings is 1. The van der Waals surface area contributed by atoms with E-state index in [2.05, 4.69) is 13.8 Å². The van der Waals surface area contributed by atoms with E-state index < -0.39 is 0 Å². The highest BCUT2D eigenvalue weighted by molar-refractivity contribution is 5.97. The molecule has 0 aliphatic carbocycles. The SMILES string of the molecule is CCCN(CCC)C(=O)c1ccc(OCC)cc1OCC. The molecule has 1 amide bonds. The Kier molecular flexibility index (Phi) is 7.65. The van der Waals surface area contributed by atoms with Gasteiger partial charge in [0.1, 0.15) is 11.5 Å². The Hall–Kier alpha value is -1.71. The van der Waals surface area contributed by atoms with Crippen LogP contribution in [-0.2, 0) is 0 Å². The molecule has 0 saturated heterocycles. The maximum atomic E-state index is 12.7. The van der Waals surface area contributed by atoms with Gasteiger partial charge in [-0.3, -0.25) is 4.79 Å². The number of amides is 1. The minimum atomic E-state index is 0.0326. The van der Waals surface area contributed by atoms with E-state index in [4.69, 9.17) is 9.47 Å². The van der Waals surface area contributed by atoms with Crippen molar-refractivity contribution >= 4 is 5.91 Å². The Morgan fingerprint density at radius 3 is 2.14 bits per heavy atom. The lowest BCUT2D eigenvalue weighted by atomic mass is 10.1. The Bertz CT molecular complexity index is 440. The quantitative estimate of drug-likeness (QED) is 0.696. The molecule has 0 aliphatic rings. The van der Waals surface area contributed by atoms with Crippen LogP contribution in [0.3, 0.4) is 0 Å². The van der Waals surface area contributed by atoms with Gasteiger partial charge in [0, 0.05) is 19.2 Å². The summed E-state index contributed by atoms with van der Waals surface area (Å²) in [7, 11) is 0. The molecule has 0 aliphatic heterocycles. The highest BCUT2D eigenvalue weighted by Gasteiger charge is 2.19. The van der Waals surface area contributed by atoms with Crippen molar-refractivity contribution in [1.82, 2.24) is 4.90 Å². The highest BCUT2D eigenvalue weighted by atomic mass is 16.5. The third-order valence-corrected chi connectivity index (χ3v) is 3.07. The standard InChI is InChI=1S/C17H27NO3/c1-5-11-18(12-6-2)17(19)15-10-9-14(20-7-3)13-16(15)21-8-4/h9-10,13H,5-8,11-12H2,1-4H3. The largest absolute Gasteiger partial charge is 0.494 e. The van der Waals surface area contributed by atoms with Crippen molar-refractivity contribution in [3.05, 3.63) is 23.8 Å². The third-order valence-electron chi connectivity index (χ3n) is 3.07. The van der Waals surface area contributed by atoms with Crippen molar-refractivity contribution in [1.29, 1.82) is 0 Å². The summed E-state index contributed by atoms with van der Waals surface area (Å²) in [5.74, 6) is 1.37. The second-order valence-electron chi connectivity index (χ2n) is 4.82. The molecule has 0 spiro atoms.